The number of nitrogens with two attached hydrogens (primary N) is 1. The quantitative estimate of drug-likeness (QED) is 0.750. The largest absolute Gasteiger partial charge is 0.381 e. The first-order valence-electron chi connectivity index (χ1n) is 7.85. The Hall–Kier alpha value is -1.98. The first-order chi connectivity index (χ1) is 11.0. The van der Waals surface area contributed by atoms with Gasteiger partial charge in [0.25, 0.3) is 0 Å². The van der Waals surface area contributed by atoms with Crippen LogP contribution in [0.15, 0.2) is 24.3 Å². The Kier molecular flexibility index (Phi) is 7.32. The fraction of sp³-hybridized carbons (Fsp3) is 0.389. The number of fused-ring (bicyclic) bond motifs is 1. The molecule has 2 aromatic rings. The Morgan fingerprint density at radius 1 is 1.33 bits per heavy atom. The van der Waals surface area contributed by atoms with Gasteiger partial charge < -0.3 is 15.9 Å². The third kappa shape index (κ3) is 4.30. The molecule has 130 valence electrons. The van der Waals surface area contributed by atoms with E-state index in [9.17, 15) is 4.79 Å². The number of hydrogen-bond acceptors (Lipinski definition) is 4. The molecule has 6 heteroatoms. The highest BCUT2D eigenvalue weighted by Gasteiger charge is 2.18. The van der Waals surface area contributed by atoms with Crippen LogP contribution in [0.5, 0.6) is 0 Å². The molecule has 0 aliphatic carbocycles. The predicted octanol–water partition coefficient (Wildman–Crippen LogP) is 3.49. The van der Waals surface area contributed by atoms with Crippen LogP contribution in [0.2, 0.25) is 0 Å². The van der Waals surface area contributed by atoms with Gasteiger partial charge >= 0.3 is 0 Å². The second kappa shape index (κ2) is 8.76. The van der Waals surface area contributed by atoms with Crippen molar-refractivity contribution < 1.29 is 9.53 Å². The van der Waals surface area contributed by atoms with Crippen LogP contribution in [0.4, 0.5) is 0 Å². The Morgan fingerprint density at radius 2 is 2.04 bits per heavy atom. The van der Waals surface area contributed by atoms with Crippen LogP contribution in [0.3, 0.4) is 0 Å². The van der Waals surface area contributed by atoms with Crippen LogP contribution in [0.25, 0.3) is 10.9 Å². The molecule has 0 radical (unpaired) electrons. The molecule has 2 rings (SSSR count). The number of hydrogen-bond donors (Lipinski definition) is 2. The number of rotatable bonds is 7. The van der Waals surface area contributed by atoms with Crippen LogP contribution >= 0.6 is 12.4 Å². The van der Waals surface area contributed by atoms with E-state index in [4.69, 9.17) is 15.9 Å². The van der Waals surface area contributed by atoms with Gasteiger partial charge in [0.2, 0.25) is 5.91 Å². The third-order valence-corrected chi connectivity index (χ3v) is 3.94. The monoisotopic (exact) mass is 349 g/mol. The average molecular weight is 350 g/mol. The number of carbonyl (C=O) groups is 1. The summed E-state index contributed by atoms with van der Waals surface area (Å²) in [5.41, 5.74) is 8.65. The molecule has 0 aliphatic rings. The number of aryl methyl sites for hydroxylation is 1. The second-order valence-corrected chi connectivity index (χ2v) is 5.59. The van der Waals surface area contributed by atoms with Crippen molar-refractivity contribution in [1.82, 2.24) is 4.98 Å². The molecule has 24 heavy (non-hydrogen) atoms. The van der Waals surface area contributed by atoms with Gasteiger partial charge in [-0.3, -0.25) is 9.78 Å². The lowest BCUT2D eigenvalue weighted by molar-refractivity contribution is 0.100. The van der Waals surface area contributed by atoms with E-state index in [1.807, 2.05) is 26.0 Å². The highest BCUT2D eigenvalue weighted by atomic mass is 35.5. The molecule has 1 aromatic carbocycles. The number of benzene rings is 1. The van der Waals surface area contributed by atoms with Gasteiger partial charge in [-0.15, -0.1) is 12.4 Å². The van der Waals surface area contributed by atoms with Crippen LogP contribution in [0, 0.1) is 18.3 Å². The molecule has 0 saturated heterocycles. The van der Waals surface area contributed by atoms with Crippen LogP contribution in [-0.4, -0.2) is 29.8 Å². The van der Waals surface area contributed by atoms with E-state index in [0.29, 0.717) is 30.0 Å². The number of nitrogens with zero attached hydrogens (tertiary/aromatic N) is 1. The number of halogens is 1. The van der Waals surface area contributed by atoms with Gasteiger partial charge in [-0.1, -0.05) is 13.0 Å². The number of ether oxygens (including phenoxy) is 1. The Morgan fingerprint density at radius 3 is 2.62 bits per heavy atom. The fourth-order valence-electron chi connectivity index (χ4n) is 2.62. The maximum absolute atomic E-state index is 11.4. The number of nitrogens with one attached hydrogen (secondary N) is 1. The number of primary amides is 1. The third-order valence-electron chi connectivity index (χ3n) is 3.94. The van der Waals surface area contributed by atoms with Crippen molar-refractivity contribution in [2.75, 3.05) is 13.2 Å². The van der Waals surface area contributed by atoms with Gasteiger partial charge in [0, 0.05) is 40.4 Å². The van der Waals surface area contributed by atoms with E-state index in [0.717, 1.165) is 23.1 Å². The van der Waals surface area contributed by atoms with Gasteiger partial charge in [-0.25, -0.2) is 0 Å². The van der Waals surface area contributed by atoms with Crippen LogP contribution in [-0.2, 0) is 4.74 Å². The molecule has 1 unspecified atom stereocenters. The molecule has 5 nitrogen and oxygen atoms in total. The van der Waals surface area contributed by atoms with Crippen LogP contribution < -0.4 is 5.73 Å². The smallest absolute Gasteiger partial charge is 0.248 e. The molecule has 1 heterocycles. The van der Waals surface area contributed by atoms with Crippen molar-refractivity contribution in [2.45, 2.75) is 27.2 Å². The molecular weight excluding hydrogens is 326 g/mol. The summed E-state index contributed by atoms with van der Waals surface area (Å²) < 4.78 is 5.50. The summed E-state index contributed by atoms with van der Waals surface area (Å²) >= 11 is 0. The number of amides is 1. The summed E-state index contributed by atoms with van der Waals surface area (Å²) in [6, 6.07) is 7.11. The summed E-state index contributed by atoms with van der Waals surface area (Å²) in [7, 11) is 0. The van der Waals surface area contributed by atoms with Crippen molar-refractivity contribution in [3.05, 3.63) is 41.1 Å². The SMILES string of the molecule is CCOCC(CC)C(=N)c1cc(C)nc2cc(C(N)=O)ccc12.Cl. The molecule has 0 fully saturated rings. The Bertz CT molecular complexity index is 746. The van der Waals surface area contributed by atoms with Gasteiger partial charge in [-0.2, -0.15) is 0 Å². The van der Waals surface area contributed by atoms with Gasteiger partial charge in [0.15, 0.2) is 0 Å². The molecule has 1 aromatic heterocycles. The van der Waals surface area contributed by atoms with Crippen molar-refractivity contribution in [2.24, 2.45) is 11.7 Å². The number of aromatic nitrogens is 1. The zero-order chi connectivity index (χ0) is 17.0. The van der Waals surface area contributed by atoms with Crippen LogP contribution in [0.1, 0.15) is 41.9 Å². The maximum atomic E-state index is 11.4. The molecule has 1 atom stereocenters. The van der Waals surface area contributed by atoms with Gasteiger partial charge in [-0.05, 0) is 38.5 Å². The maximum Gasteiger partial charge on any atom is 0.248 e. The number of carbonyl (C=O) groups excluding carboxylic acids is 1. The fourth-order valence-corrected chi connectivity index (χ4v) is 2.62. The number of pyridine rings is 1. The predicted molar refractivity (Wildman–Crippen MR) is 99.3 cm³/mol. The van der Waals surface area contributed by atoms with E-state index in [-0.39, 0.29) is 18.3 Å². The van der Waals surface area contributed by atoms with Gasteiger partial charge in [0.1, 0.15) is 0 Å². The van der Waals surface area contributed by atoms with E-state index in [1.165, 1.54) is 0 Å². The minimum Gasteiger partial charge on any atom is -0.381 e. The standard InChI is InChI=1S/C18H23N3O2.ClH/c1-4-12(10-23-5-2)17(19)15-8-11(3)21-16-9-13(18(20)22)6-7-14(15)16;/h6-9,12,19H,4-5,10H2,1-3H3,(H2,20,22);1H. The molecule has 0 aliphatic heterocycles. The van der Waals surface area contributed by atoms with Crippen molar-refractivity contribution in [3.63, 3.8) is 0 Å². The van der Waals surface area contributed by atoms with E-state index >= 15 is 0 Å². The normalized spacial score (nSPS) is 11.8. The average Bonchev–Trinajstić information content (AvgIpc) is 2.53. The first kappa shape index (κ1) is 20.1. The molecule has 0 spiro atoms. The summed E-state index contributed by atoms with van der Waals surface area (Å²) in [6.07, 6.45) is 0.834. The molecular formula is C18H24ClN3O2. The lowest BCUT2D eigenvalue weighted by atomic mass is 9.92. The summed E-state index contributed by atoms with van der Waals surface area (Å²) in [5, 5.41) is 9.44. The minimum atomic E-state index is -0.477. The lowest BCUT2D eigenvalue weighted by Gasteiger charge is -2.18. The molecule has 0 saturated carbocycles. The molecule has 0 bridgehead atoms. The molecule has 3 N–H and O–H groups in total. The molecule has 1 amide bonds. The summed E-state index contributed by atoms with van der Waals surface area (Å²) in [4.78, 5) is 15.8. The van der Waals surface area contributed by atoms with E-state index in [2.05, 4.69) is 11.9 Å². The Balaban J connectivity index is 0.00000288. The minimum absolute atomic E-state index is 0. The highest BCUT2D eigenvalue weighted by Crippen LogP contribution is 2.24. The van der Waals surface area contributed by atoms with Crippen molar-refractivity contribution in [1.29, 1.82) is 5.41 Å². The highest BCUT2D eigenvalue weighted by molar-refractivity contribution is 6.10. The second-order valence-electron chi connectivity index (χ2n) is 5.59. The van der Waals surface area contributed by atoms with E-state index < -0.39 is 5.91 Å². The van der Waals surface area contributed by atoms with Crippen molar-refractivity contribution in [3.8, 4) is 0 Å². The first-order valence-corrected chi connectivity index (χ1v) is 7.85. The summed E-state index contributed by atoms with van der Waals surface area (Å²) in [5.74, 6) is -0.439. The zero-order valence-corrected chi connectivity index (χ0v) is 15.1. The summed E-state index contributed by atoms with van der Waals surface area (Å²) in [6.45, 7) is 7.07. The van der Waals surface area contributed by atoms with Gasteiger partial charge in [0.05, 0.1) is 12.1 Å². The lowest BCUT2D eigenvalue weighted by Crippen LogP contribution is -2.20. The van der Waals surface area contributed by atoms with Crippen molar-refractivity contribution >= 4 is 34.9 Å². The zero-order valence-electron chi connectivity index (χ0n) is 14.3. The topological polar surface area (TPSA) is 89.1 Å². The van der Waals surface area contributed by atoms with E-state index in [1.54, 1.807) is 12.1 Å². The Labute approximate surface area is 148 Å².